The fraction of sp³-hybridized carbons (Fsp3) is 0.188. The predicted molar refractivity (Wildman–Crippen MR) is 103 cm³/mol. The first-order valence-electron chi connectivity index (χ1n) is 7.07. The van der Waals surface area contributed by atoms with Crippen molar-refractivity contribution < 1.29 is 9.13 Å². The van der Waals surface area contributed by atoms with Gasteiger partial charge in [-0.25, -0.2) is 4.98 Å². The van der Waals surface area contributed by atoms with Crippen LogP contribution >= 0.6 is 27.7 Å². The smallest absolute Gasteiger partial charge is 0.249 e. The highest BCUT2D eigenvalue weighted by molar-refractivity contribution is 7.38. The molecule has 23 heavy (non-hydrogen) atoms. The molecule has 0 bridgehead atoms. The second kappa shape index (κ2) is 6.44. The normalized spacial score (nSPS) is 13.3. The maximum atomic E-state index is 12.8. The van der Waals surface area contributed by atoms with E-state index in [1.165, 1.54) is 0 Å². The molecule has 0 aliphatic rings. The minimum atomic E-state index is -1.40. The SMILES string of the molecule is CC(P)(P)c1ncc2ccc(-c3ccc(OC(F)P)cc3)cn12. The number of nitrogens with zero attached hydrogens (tertiary/aromatic N) is 2. The standard InChI is InChI=1S/C16H18FN2OP3/c1-16(22,23)14-18-8-12-5-2-11(9-19(12)14)10-3-6-13(7-4-10)20-15(17)21/h2-9,15H,21-23H2,1H3. The molecule has 2 aromatic heterocycles. The fourth-order valence-electron chi connectivity index (χ4n) is 2.42. The molecule has 7 heteroatoms. The Balaban J connectivity index is 2.00. The van der Waals surface area contributed by atoms with Crippen molar-refractivity contribution >= 4 is 33.2 Å². The molecule has 3 nitrogen and oxygen atoms in total. The molecule has 0 radical (unpaired) electrons. The Labute approximate surface area is 141 Å². The van der Waals surface area contributed by atoms with E-state index in [0.717, 1.165) is 22.5 Å². The highest BCUT2D eigenvalue weighted by Gasteiger charge is 2.20. The monoisotopic (exact) mass is 366 g/mol. The van der Waals surface area contributed by atoms with Crippen molar-refractivity contribution in [3.8, 4) is 16.9 Å². The Hall–Kier alpha value is -1.07. The van der Waals surface area contributed by atoms with Crippen LogP contribution in [0.5, 0.6) is 5.75 Å². The maximum absolute atomic E-state index is 12.8. The quantitative estimate of drug-likeness (QED) is 0.639. The summed E-state index contributed by atoms with van der Waals surface area (Å²) in [5.74, 6) is 1.45. The van der Waals surface area contributed by atoms with Crippen LogP contribution in [0.1, 0.15) is 12.7 Å². The van der Waals surface area contributed by atoms with Gasteiger partial charge in [0.25, 0.3) is 0 Å². The molecular formula is C16H18FN2OP3. The number of hydrogen-bond acceptors (Lipinski definition) is 2. The molecule has 0 aliphatic carbocycles. The van der Waals surface area contributed by atoms with Gasteiger partial charge in [0.1, 0.15) is 11.6 Å². The number of aromatic nitrogens is 2. The van der Waals surface area contributed by atoms with E-state index in [-0.39, 0.29) is 4.90 Å². The van der Waals surface area contributed by atoms with E-state index in [4.69, 9.17) is 4.74 Å². The number of imidazole rings is 1. The Morgan fingerprint density at radius 2 is 1.78 bits per heavy atom. The van der Waals surface area contributed by atoms with Crippen LogP contribution in [0.4, 0.5) is 4.39 Å². The number of alkyl halides is 1. The molecular weight excluding hydrogens is 348 g/mol. The van der Waals surface area contributed by atoms with Crippen molar-refractivity contribution in [2.45, 2.75) is 17.9 Å². The molecule has 120 valence electrons. The largest absolute Gasteiger partial charge is 0.457 e. The molecule has 2 heterocycles. The molecule has 3 rings (SSSR count). The molecule has 1 aromatic carbocycles. The van der Waals surface area contributed by atoms with Crippen LogP contribution in [-0.4, -0.2) is 15.5 Å². The molecule has 0 N–H and O–H groups in total. The summed E-state index contributed by atoms with van der Waals surface area (Å²) in [6, 6.07) is 11.5. The van der Waals surface area contributed by atoms with Gasteiger partial charge in [0.05, 0.1) is 16.6 Å². The molecule has 0 fully saturated rings. The summed E-state index contributed by atoms with van der Waals surface area (Å²) in [6.45, 7) is 2.08. The molecule has 4 unspecified atom stereocenters. The third kappa shape index (κ3) is 3.72. The zero-order valence-corrected chi connectivity index (χ0v) is 16.1. The van der Waals surface area contributed by atoms with Gasteiger partial charge in [0.15, 0.2) is 0 Å². The Kier molecular flexibility index (Phi) is 4.70. The van der Waals surface area contributed by atoms with Gasteiger partial charge >= 0.3 is 0 Å². The van der Waals surface area contributed by atoms with E-state index in [2.05, 4.69) is 41.0 Å². The number of hydrogen-bond donors (Lipinski definition) is 0. The third-order valence-corrected chi connectivity index (χ3v) is 4.10. The van der Waals surface area contributed by atoms with Gasteiger partial charge in [-0.05, 0) is 36.2 Å². The topological polar surface area (TPSA) is 26.5 Å². The van der Waals surface area contributed by atoms with Crippen LogP contribution in [-0.2, 0) is 4.90 Å². The fourth-order valence-corrected chi connectivity index (χ4v) is 3.00. The van der Waals surface area contributed by atoms with Crippen LogP contribution in [0.25, 0.3) is 16.6 Å². The first-order chi connectivity index (χ1) is 10.8. The highest BCUT2D eigenvalue weighted by Crippen LogP contribution is 2.37. The number of halogens is 1. The first-order valence-corrected chi connectivity index (χ1v) is 8.89. The van der Waals surface area contributed by atoms with Gasteiger partial charge in [-0.3, -0.25) is 0 Å². The Bertz CT molecular complexity index is 825. The summed E-state index contributed by atoms with van der Waals surface area (Å²) in [5.41, 5.74) is 3.14. The lowest BCUT2D eigenvalue weighted by atomic mass is 10.1. The highest BCUT2D eigenvalue weighted by atomic mass is 31.1. The Morgan fingerprint density at radius 3 is 2.39 bits per heavy atom. The van der Waals surface area contributed by atoms with E-state index >= 15 is 0 Å². The summed E-state index contributed by atoms with van der Waals surface area (Å²) >= 11 is 0. The van der Waals surface area contributed by atoms with E-state index < -0.39 is 6.10 Å². The lowest BCUT2D eigenvalue weighted by Gasteiger charge is -2.17. The molecule has 0 amide bonds. The average molecular weight is 366 g/mol. The molecule has 0 saturated heterocycles. The summed E-state index contributed by atoms with van der Waals surface area (Å²) in [7, 11) is 7.54. The van der Waals surface area contributed by atoms with Gasteiger partial charge < -0.3 is 9.14 Å². The Morgan fingerprint density at radius 1 is 1.13 bits per heavy atom. The zero-order valence-electron chi connectivity index (χ0n) is 12.6. The third-order valence-electron chi connectivity index (χ3n) is 3.45. The molecule has 3 aromatic rings. The molecule has 4 atom stereocenters. The predicted octanol–water partition coefficient (Wildman–Crippen LogP) is 4.43. The van der Waals surface area contributed by atoms with Gasteiger partial charge in [-0.1, -0.05) is 27.4 Å². The lowest BCUT2D eigenvalue weighted by Crippen LogP contribution is -2.08. The van der Waals surface area contributed by atoms with E-state index in [1.807, 2.05) is 39.7 Å². The number of ether oxygens (including phenoxy) is 1. The number of rotatable bonds is 4. The van der Waals surface area contributed by atoms with Crippen molar-refractivity contribution in [3.05, 3.63) is 54.6 Å². The second-order valence-electron chi connectivity index (χ2n) is 5.57. The van der Waals surface area contributed by atoms with Gasteiger partial charge in [-0.2, -0.15) is 4.39 Å². The summed E-state index contributed by atoms with van der Waals surface area (Å²) < 4.78 is 19.9. The maximum Gasteiger partial charge on any atom is 0.249 e. The average Bonchev–Trinajstić information content (AvgIpc) is 2.90. The van der Waals surface area contributed by atoms with E-state index in [1.54, 1.807) is 12.1 Å². The van der Waals surface area contributed by atoms with Crippen molar-refractivity contribution in [3.63, 3.8) is 0 Å². The van der Waals surface area contributed by atoms with Crippen LogP contribution in [0.3, 0.4) is 0 Å². The summed E-state index contributed by atoms with van der Waals surface area (Å²) in [6.07, 6.45) is 2.53. The van der Waals surface area contributed by atoms with Crippen LogP contribution in [0.2, 0.25) is 0 Å². The second-order valence-corrected chi connectivity index (χ2v) is 9.16. The number of pyridine rings is 1. The number of fused-ring (bicyclic) bond motifs is 1. The van der Waals surface area contributed by atoms with Gasteiger partial charge in [0.2, 0.25) is 6.10 Å². The minimum Gasteiger partial charge on any atom is -0.457 e. The first kappa shape index (κ1) is 16.8. The van der Waals surface area contributed by atoms with Crippen molar-refractivity contribution in [1.82, 2.24) is 9.38 Å². The van der Waals surface area contributed by atoms with Gasteiger partial charge in [-0.15, -0.1) is 18.5 Å². The van der Waals surface area contributed by atoms with Crippen molar-refractivity contribution in [2.24, 2.45) is 0 Å². The lowest BCUT2D eigenvalue weighted by molar-refractivity contribution is 0.153. The van der Waals surface area contributed by atoms with E-state index in [0.29, 0.717) is 5.75 Å². The molecule has 0 aliphatic heterocycles. The van der Waals surface area contributed by atoms with Crippen LogP contribution in [0.15, 0.2) is 48.8 Å². The minimum absolute atomic E-state index is 0.197. The summed E-state index contributed by atoms with van der Waals surface area (Å²) in [4.78, 5) is 4.31. The van der Waals surface area contributed by atoms with E-state index in [9.17, 15) is 4.39 Å². The van der Waals surface area contributed by atoms with Crippen molar-refractivity contribution in [2.75, 3.05) is 0 Å². The van der Waals surface area contributed by atoms with Gasteiger partial charge in [0, 0.05) is 6.20 Å². The van der Waals surface area contributed by atoms with Crippen molar-refractivity contribution in [1.29, 1.82) is 0 Å². The summed E-state index contributed by atoms with van der Waals surface area (Å²) in [5, 5.41) is 0. The zero-order chi connectivity index (χ0) is 16.6. The van der Waals surface area contributed by atoms with Crippen LogP contribution in [0, 0.1) is 0 Å². The van der Waals surface area contributed by atoms with Crippen LogP contribution < -0.4 is 4.74 Å². The number of benzene rings is 1. The molecule has 0 saturated carbocycles. The molecule has 0 spiro atoms.